The van der Waals surface area contributed by atoms with Gasteiger partial charge in [-0.05, 0) is 80.0 Å². The second kappa shape index (κ2) is 7.78. The van der Waals surface area contributed by atoms with Crippen molar-refractivity contribution >= 4 is 11.8 Å². The Hall–Kier alpha value is -0.940. The number of esters is 1. The molecule has 1 unspecified atom stereocenters. The van der Waals surface area contributed by atoms with Crippen molar-refractivity contribution < 1.29 is 23.8 Å². The topological polar surface area (TPSA) is 61.8 Å². The molecule has 5 heteroatoms. The van der Waals surface area contributed by atoms with Crippen LogP contribution in [0.1, 0.15) is 92.4 Å². The summed E-state index contributed by atoms with van der Waals surface area (Å²) in [5.41, 5.74) is -0.0934. The van der Waals surface area contributed by atoms with Gasteiger partial charge in [-0.25, -0.2) is 0 Å². The minimum atomic E-state index is -0.467. The number of carbonyl (C=O) groups excluding carboxylic acids is 2. The van der Waals surface area contributed by atoms with Crippen LogP contribution in [0.2, 0.25) is 0 Å². The van der Waals surface area contributed by atoms with E-state index < -0.39 is 5.79 Å². The van der Waals surface area contributed by atoms with E-state index in [4.69, 9.17) is 14.2 Å². The fourth-order valence-corrected chi connectivity index (χ4v) is 10.3. The lowest BCUT2D eigenvalue weighted by molar-refractivity contribution is -0.272. The molecule has 2 heterocycles. The summed E-state index contributed by atoms with van der Waals surface area (Å²) >= 11 is 0. The Labute approximate surface area is 205 Å². The predicted octanol–water partition coefficient (Wildman–Crippen LogP) is 5.54. The van der Waals surface area contributed by atoms with Crippen LogP contribution in [-0.4, -0.2) is 36.4 Å². The first-order valence-electron chi connectivity index (χ1n) is 14.1. The molecule has 4 saturated carbocycles. The van der Waals surface area contributed by atoms with Crippen LogP contribution in [0.5, 0.6) is 0 Å². The second-order valence-corrected chi connectivity index (χ2v) is 13.5. The molecule has 1 spiro atoms. The lowest BCUT2D eigenvalue weighted by Gasteiger charge is -2.60. The van der Waals surface area contributed by atoms with Crippen molar-refractivity contribution in [1.82, 2.24) is 0 Å². The zero-order valence-electron chi connectivity index (χ0n) is 21.8. The van der Waals surface area contributed by atoms with Gasteiger partial charge in [-0.2, -0.15) is 0 Å². The third-order valence-corrected chi connectivity index (χ3v) is 12.1. The van der Waals surface area contributed by atoms with Crippen LogP contribution in [0.25, 0.3) is 0 Å². The largest absolute Gasteiger partial charge is 0.463 e. The van der Waals surface area contributed by atoms with Crippen molar-refractivity contribution in [3.63, 3.8) is 0 Å². The minimum absolute atomic E-state index is 0.0613. The van der Waals surface area contributed by atoms with Gasteiger partial charge in [0.05, 0.1) is 12.7 Å². The van der Waals surface area contributed by atoms with Crippen molar-refractivity contribution in [2.24, 2.45) is 52.3 Å². The lowest BCUT2D eigenvalue weighted by Crippen LogP contribution is -2.58. The summed E-state index contributed by atoms with van der Waals surface area (Å²) in [5.74, 6) is 3.07. The summed E-state index contributed by atoms with van der Waals surface area (Å²) in [6.45, 7) is 11.6. The van der Waals surface area contributed by atoms with E-state index in [9.17, 15) is 9.59 Å². The molecule has 0 radical (unpaired) electrons. The predicted molar refractivity (Wildman–Crippen MR) is 128 cm³/mol. The number of carbonyl (C=O) groups is 2. The van der Waals surface area contributed by atoms with E-state index in [1.165, 1.54) is 19.8 Å². The fourth-order valence-electron chi connectivity index (χ4n) is 10.3. The Morgan fingerprint density at radius 1 is 1.03 bits per heavy atom. The van der Waals surface area contributed by atoms with Gasteiger partial charge in [-0.1, -0.05) is 27.7 Å². The molecular formula is C29H44O5. The normalized spacial score (nSPS) is 56.4. The van der Waals surface area contributed by atoms with Crippen LogP contribution >= 0.6 is 0 Å². The summed E-state index contributed by atoms with van der Waals surface area (Å²) in [7, 11) is 0. The van der Waals surface area contributed by atoms with Gasteiger partial charge >= 0.3 is 5.97 Å². The van der Waals surface area contributed by atoms with Crippen LogP contribution in [0.3, 0.4) is 0 Å². The van der Waals surface area contributed by atoms with E-state index in [-0.39, 0.29) is 40.8 Å². The number of fused-ring (bicyclic) bond motifs is 7. The van der Waals surface area contributed by atoms with E-state index in [1.807, 2.05) is 0 Å². The molecule has 6 rings (SSSR count). The first kappa shape index (κ1) is 23.5. The van der Waals surface area contributed by atoms with Crippen LogP contribution in [-0.2, 0) is 23.8 Å². The third kappa shape index (κ3) is 3.11. The second-order valence-electron chi connectivity index (χ2n) is 13.5. The number of Topliss-reactive ketones (excluding diaryl/α,β-unsaturated/α-hetero) is 1. The molecule has 0 amide bonds. The highest BCUT2D eigenvalue weighted by Gasteiger charge is 2.71. The maximum atomic E-state index is 14.1. The van der Waals surface area contributed by atoms with Gasteiger partial charge in [0, 0.05) is 37.0 Å². The molecule has 2 aliphatic heterocycles. The SMILES string of the molecule is CC(=O)O[C@H]1CC[C@@]2(C)[C@@H](CC[C@@H]3[C@@H]2CC(=O)[C@]2(C)[C@@H]4[C@H](C[C@@H]32)O[C@]2(CCC(C)CO2)[C@H]4C)C1. The molecule has 6 aliphatic rings. The standard InChI is InChI=1S/C29H44O5/c1-16-8-11-29(32-15-16)17(2)26-24(34-29)13-23-21-7-6-19-12-20(33-18(3)30)9-10-27(19,4)22(21)14-25(31)28(23,26)5/h16-17,19-24,26H,6-15H2,1-5H3/t16?,17-,19-,20-,21+,22-,23-,24-,26-,27-,28+,29+/m0/s1. The Morgan fingerprint density at radius 2 is 1.82 bits per heavy atom. The van der Waals surface area contributed by atoms with E-state index in [2.05, 4.69) is 27.7 Å². The molecule has 0 aromatic rings. The molecular weight excluding hydrogens is 428 g/mol. The molecule has 0 N–H and O–H groups in total. The number of ether oxygens (including phenoxy) is 3. The average molecular weight is 473 g/mol. The smallest absolute Gasteiger partial charge is 0.302 e. The highest BCUT2D eigenvalue weighted by atomic mass is 16.7. The summed E-state index contributed by atoms with van der Waals surface area (Å²) in [6, 6.07) is 0. The molecule has 5 nitrogen and oxygen atoms in total. The lowest BCUT2D eigenvalue weighted by atomic mass is 9.44. The maximum absolute atomic E-state index is 14.1. The number of hydrogen-bond acceptors (Lipinski definition) is 5. The summed E-state index contributed by atoms with van der Waals surface area (Å²) in [4.78, 5) is 25.7. The van der Waals surface area contributed by atoms with Gasteiger partial charge in [-0.3, -0.25) is 9.59 Å². The van der Waals surface area contributed by atoms with E-state index in [1.54, 1.807) is 0 Å². The van der Waals surface area contributed by atoms with Gasteiger partial charge in [0.25, 0.3) is 0 Å². The molecule has 190 valence electrons. The van der Waals surface area contributed by atoms with E-state index in [0.29, 0.717) is 35.4 Å². The molecule has 2 saturated heterocycles. The van der Waals surface area contributed by atoms with Gasteiger partial charge in [0.15, 0.2) is 5.79 Å². The van der Waals surface area contributed by atoms with Crippen LogP contribution in [0.15, 0.2) is 0 Å². The molecule has 0 aromatic carbocycles. The van der Waals surface area contributed by atoms with Crippen molar-refractivity contribution in [1.29, 1.82) is 0 Å². The molecule has 6 fully saturated rings. The van der Waals surface area contributed by atoms with E-state index >= 15 is 0 Å². The van der Waals surface area contributed by atoms with Gasteiger partial charge in [0.1, 0.15) is 11.9 Å². The molecule has 34 heavy (non-hydrogen) atoms. The first-order valence-corrected chi connectivity index (χ1v) is 14.1. The van der Waals surface area contributed by atoms with Crippen molar-refractivity contribution in [2.75, 3.05) is 6.61 Å². The third-order valence-electron chi connectivity index (χ3n) is 12.1. The zero-order chi connectivity index (χ0) is 24.0. The zero-order valence-corrected chi connectivity index (χ0v) is 21.8. The van der Waals surface area contributed by atoms with Gasteiger partial charge in [0.2, 0.25) is 0 Å². The summed E-state index contributed by atoms with van der Waals surface area (Å²) in [5, 5.41) is 0. The number of hydrogen-bond donors (Lipinski definition) is 0. The first-order chi connectivity index (χ1) is 16.1. The molecule has 0 bridgehead atoms. The molecule has 12 atom stereocenters. The van der Waals surface area contributed by atoms with Crippen molar-refractivity contribution in [2.45, 2.75) is 110 Å². The Bertz CT molecular complexity index is 861. The highest BCUT2D eigenvalue weighted by Crippen LogP contribution is 2.70. The number of rotatable bonds is 1. The van der Waals surface area contributed by atoms with Crippen molar-refractivity contribution in [3.05, 3.63) is 0 Å². The maximum Gasteiger partial charge on any atom is 0.302 e. The summed E-state index contributed by atoms with van der Waals surface area (Å²) < 4.78 is 18.8. The van der Waals surface area contributed by atoms with Crippen LogP contribution in [0.4, 0.5) is 0 Å². The Balaban J connectivity index is 1.25. The van der Waals surface area contributed by atoms with Crippen LogP contribution in [0, 0.1) is 52.3 Å². The van der Waals surface area contributed by atoms with Gasteiger partial charge in [-0.15, -0.1) is 0 Å². The Morgan fingerprint density at radius 3 is 2.53 bits per heavy atom. The average Bonchev–Trinajstić information content (AvgIpc) is 3.23. The molecule has 0 aromatic heterocycles. The Kier molecular flexibility index (Phi) is 5.37. The summed E-state index contributed by atoms with van der Waals surface area (Å²) in [6.07, 6.45) is 9.47. The van der Waals surface area contributed by atoms with Crippen molar-refractivity contribution in [3.8, 4) is 0 Å². The monoisotopic (exact) mass is 472 g/mol. The quantitative estimate of drug-likeness (QED) is 0.469. The van der Waals surface area contributed by atoms with E-state index in [0.717, 1.165) is 51.6 Å². The molecule has 4 aliphatic carbocycles. The minimum Gasteiger partial charge on any atom is -0.463 e. The van der Waals surface area contributed by atoms with Crippen LogP contribution < -0.4 is 0 Å². The fraction of sp³-hybridized carbons (Fsp3) is 0.931. The number of ketones is 1. The van der Waals surface area contributed by atoms with Gasteiger partial charge < -0.3 is 14.2 Å². The highest BCUT2D eigenvalue weighted by molar-refractivity contribution is 5.87.